The summed E-state index contributed by atoms with van der Waals surface area (Å²) in [7, 11) is 0. The van der Waals surface area contributed by atoms with Gasteiger partial charge >= 0.3 is 0 Å². The van der Waals surface area contributed by atoms with Gasteiger partial charge in [-0.2, -0.15) is 0 Å². The van der Waals surface area contributed by atoms with E-state index in [1.807, 2.05) is 219 Å². The van der Waals surface area contributed by atoms with Crippen molar-refractivity contribution >= 4 is 33.1 Å². The molecule has 0 aliphatic rings. The van der Waals surface area contributed by atoms with Crippen molar-refractivity contribution in [3.05, 3.63) is 401 Å². The van der Waals surface area contributed by atoms with Crippen molar-refractivity contribution in [2.75, 3.05) is 0 Å². The normalized spacial score (nSPS) is 11.2. The summed E-state index contributed by atoms with van der Waals surface area (Å²) in [5.74, 6) is 7.59. The fourth-order valence-electron chi connectivity index (χ4n) is 14.0. The van der Waals surface area contributed by atoms with E-state index < -0.39 is 0 Å². The van der Waals surface area contributed by atoms with Gasteiger partial charge in [-0.25, -0.2) is 29.9 Å². The van der Waals surface area contributed by atoms with Crippen molar-refractivity contribution < 1.29 is 23.7 Å². The van der Waals surface area contributed by atoms with Crippen LogP contribution in [0.5, 0.6) is 57.5 Å². The molecule has 0 aliphatic heterocycles. The number of aromatic nitrogens is 6. The molecule has 0 fully saturated rings. The lowest BCUT2D eigenvalue weighted by Crippen LogP contribution is -2.03. The summed E-state index contributed by atoms with van der Waals surface area (Å²) < 4.78 is 30.9. The molecule has 0 aliphatic carbocycles. The maximum Gasteiger partial charge on any atom is 0.127 e. The van der Waals surface area contributed by atoms with Crippen LogP contribution in [0.4, 0.5) is 0 Å². The largest absolute Gasteiger partial charge is 0.457 e. The second-order valence-electron chi connectivity index (χ2n) is 27.3. The summed E-state index contributed by atoms with van der Waals surface area (Å²) in [5.41, 5.74) is 20.7. The molecule has 0 spiro atoms. The van der Waals surface area contributed by atoms with Crippen LogP contribution < -0.4 is 23.7 Å². The minimum Gasteiger partial charge on any atom is -0.457 e. The molecule has 0 radical (unpaired) electrons. The Kier molecular flexibility index (Phi) is 18.5. The van der Waals surface area contributed by atoms with E-state index in [1.54, 1.807) is 0 Å². The third-order valence-corrected chi connectivity index (χ3v) is 19.9. The Labute approximate surface area is 652 Å². The van der Waals surface area contributed by atoms with Crippen molar-refractivity contribution in [3.63, 3.8) is 0 Å². The first kappa shape index (κ1) is 68.1. The summed E-state index contributed by atoms with van der Waals surface area (Å²) in [6.07, 6.45) is 1.82. The van der Waals surface area contributed by atoms with Crippen LogP contribution in [0.3, 0.4) is 0 Å². The standard InChI is InChI=1S/C102H66N6O5/c1-6-16-82(17-7-1)109-87-56-46-72(47-57-87)67-26-36-77(37-27-67)92-66-103-97-98(104-92)100-102(108-96(81-44-34-71(35-45-81)76-54-64-91(65-55-76)113-86-24-14-5-15-25-86)95(106-100)80-42-32-70(33-43-80)75-52-62-90(63-53-75)112-85-22-12-4-13-23-85)101-99(97)105-93(78-38-28-68(29-39-78)73-48-58-88(59-49-73)110-83-18-8-2-9-19-83)94(107-101)79-40-30-69(31-41-79)74-50-60-89(61-51-74)111-84-20-10-3-11-21-84/h1-66H. The maximum absolute atomic E-state index is 6.20. The van der Waals surface area contributed by atoms with E-state index in [0.29, 0.717) is 61.6 Å². The zero-order valence-corrected chi connectivity index (χ0v) is 60.8. The maximum atomic E-state index is 6.20. The minimum absolute atomic E-state index is 0.505. The van der Waals surface area contributed by atoms with Gasteiger partial charge in [-0.1, -0.05) is 273 Å². The molecule has 113 heavy (non-hydrogen) atoms. The van der Waals surface area contributed by atoms with Gasteiger partial charge in [-0.3, -0.25) is 0 Å². The fraction of sp³-hybridized carbons (Fsp3) is 0. The van der Waals surface area contributed by atoms with Crippen LogP contribution >= 0.6 is 0 Å². The van der Waals surface area contributed by atoms with Gasteiger partial charge < -0.3 is 23.7 Å². The van der Waals surface area contributed by atoms with E-state index in [4.69, 9.17) is 53.6 Å². The first-order chi connectivity index (χ1) is 55.9. The monoisotopic (exact) mass is 1450 g/mol. The molecule has 3 heterocycles. The Bertz CT molecular complexity index is 6390. The van der Waals surface area contributed by atoms with Gasteiger partial charge in [0.1, 0.15) is 90.6 Å². The van der Waals surface area contributed by atoms with E-state index in [1.165, 1.54) is 0 Å². The van der Waals surface area contributed by atoms with Crippen LogP contribution in [0.15, 0.2) is 401 Å². The highest BCUT2D eigenvalue weighted by Gasteiger charge is 2.25. The van der Waals surface area contributed by atoms with Gasteiger partial charge in [-0.15, -0.1) is 0 Å². The van der Waals surface area contributed by atoms with Crippen LogP contribution in [0.25, 0.3) is 145 Å². The molecule has 0 unspecified atom stereocenters. The third kappa shape index (κ3) is 14.8. The topological polar surface area (TPSA) is 123 Å². The number of fused-ring (bicyclic) bond motifs is 6. The Morgan fingerprint density at radius 2 is 0.292 bits per heavy atom. The quantitative estimate of drug-likeness (QED) is 0.0678. The average molecular weight is 1460 g/mol. The number of benzene rings is 16. The molecule has 11 nitrogen and oxygen atoms in total. The number of hydrogen-bond acceptors (Lipinski definition) is 11. The summed E-state index contributed by atoms with van der Waals surface area (Å²) >= 11 is 0. The summed E-state index contributed by atoms with van der Waals surface area (Å²) in [6, 6.07) is 132. The summed E-state index contributed by atoms with van der Waals surface area (Å²) in [4.78, 5) is 34.3. The highest BCUT2D eigenvalue weighted by Crippen LogP contribution is 2.43. The molecular weight excluding hydrogens is 1390 g/mol. The predicted molar refractivity (Wildman–Crippen MR) is 453 cm³/mol. The number of hydrogen-bond donors (Lipinski definition) is 0. The third-order valence-electron chi connectivity index (χ3n) is 19.9. The van der Waals surface area contributed by atoms with Gasteiger partial charge in [0.25, 0.3) is 0 Å². The van der Waals surface area contributed by atoms with Crippen molar-refractivity contribution in [2.45, 2.75) is 0 Å². The lowest BCUT2D eigenvalue weighted by atomic mass is 9.97. The van der Waals surface area contributed by atoms with Crippen LogP contribution in [0, 0.1) is 0 Å². The number of nitrogens with zero attached hydrogens (tertiary/aromatic N) is 6. The lowest BCUT2D eigenvalue weighted by molar-refractivity contribution is 0.482. The molecule has 16 aromatic carbocycles. The second-order valence-corrected chi connectivity index (χ2v) is 27.3. The molecule has 11 heteroatoms. The molecular formula is C102H66N6O5. The van der Waals surface area contributed by atoms with E-state index in [9.17, 15) is 0 Å². The first-order valence-electron chi connectivity index (χ1n) is 37.3. The molecule has 0 saturated heterocycles. The van der Waals surface area contributed by atoms with Crippen LogP contribution in [-0.2, 0) is 0 Å². The number of rotatable bonds is 20. The molecule has 19 rings (SSSR count). The van der Waals surface area contributed by atoms with Gasteiger partial charge in [-0.05, 0) is 177 Å². The van der Waals surface area contributed by atoms with Crippen LogP contribution in [0.1, 0.15) is 0 Å². The number of para-hydroxylation sites is 5. The highest BCUT2D eigenvalue weighted by molar-refractivity contribution is 6.19. The molecule has 0 N–H and O–H groups in total. The Balaban J connectivity index is 0.772. The summed E-state index contributed by atoms with van der Waals surface area (Å²) in [6.45, 7) is 0. The zero-order valence-electron chi connectivity index (χ0n) is 60.8. The van der Waals surface area contributed by atoms with E-state index in [2.05, 4.69) is 182 Å². The van der Waals surface area contributed by atoms with E-state index in [-0.39, 0.29) is 0 Å². The summed E-state index contributed by atoms with van der Waals surface area (Å²) in [5, 5.41) is 0. The van der Waals surface area contributed by atoms with Gasteiger partial charge in [0.05, 0.1) is 34.7 Å². The molecule has 0 saturated carbocycles. The van der Waals surface area contributed by atoms with Gasteiger partial charge in [0.2, 0.25) is 0 Å². The van der Waals surface area contributed by atoms with Crippen molar-refractivity contribution in [3.8, 4) is 169 Å². The highest BCUT2D eigenvalue weighted by atomic mass is 16.5. The Hall–Kier alpha value is -15.5. The number of ether oxygens (including phenoxy) is 5. The van der Waals surface area contributed by atoms with Crippen molar-refractivity contribution in [1.29, 1.82) is 0 Å². The SMILES string of the molecule is c1ccc(Oc2ccc(-c3ccc(-c4cnc5c(n4)c4nc(-c6ccc(-c7ccc(Oc8ccccc8)cc7)cc6)c(-c6ccc(-c7ccc(Oc8ccccc8)cc7)cc6)nc4c4nc(-c6ccc(-c7ccc(Oc8ccccc8)cc7)cc6)c(-c6ccc(-c7ccc(Oc8ccccc8)cc7)cc6)nc54)cc3)cc2)cc1. The Morgan fingerprint density at radius 1 is 0.133 bits per heavy atom. The van der Waals surface area contributed by atoms with Gasteiger partial charge in [0.15, 0.2) is 0 Å². The smallest absolute Gasteiger partial charge is 0.127 e. The molecule has 534 valence electrons. The molecule has 0 atom stereocenters. The Morgan fingerprint density at radius 3 is 0.504 bits per heavy atom. The van der Waals surface area contributed by atoms with Crippen molar-refractivity contribution in [2.24, 2.45) is 0 Å². The molecule has 0 bridgehead atoms. The van der Waals surface area contributed by atoms with Gasteiger partial charge in [0, 0.05) is 27.8 Å². The van der Waals surface area contributed by atoms with Crippen LogP contribution in [0.2, 0.25) is 0 Å². The molecule has 19 aromatic rings. The predicted octanol–water partition coefficient (Wildman–Crippen LogP) is 27.1. The zero-order chi connectivity index (χ0) is 75.2. The van der Waals surface area contributed by atoms with E-state index in [0.717, 1.165) is 141 Å². The first-order valence-corrected chi connectivity index (χ1v) is 37.3. The molecule has 3 aromatic heterocycles. The lowest BCUT2D eigenvalue weighted by Gasteiger charge is -2.17. The second kappa shape index (κ2) is 30.7. The molecule has 0 amide bonds. The minimum atomic E-state index is 0.505. The fourth-order valence-corrected chi connectivity index (χ4v) is 14.0. The van der Waals surface area contributed by atoms with E-state index >= 15 is 0 Å². The average Bonchev–Trinajstić information content (AvgIpc) is 0.717. The van der Waals surface area contributed by atoms with Crippen LogP contribution in [-0.4, -0.2) is 29.9 Å². The van der Waals surface area contributed by atoms with Crippen molar-refractivity contribution in [1.82, 2.24) is 29.9 Å².